The predicted molar refractivity (Wildman–Crippen MR) is 97.9 cm³/mol. The fourth-order valence-corrected chi connectivity index (χ4v) is 2.99. The van der Waals surface area contributed by atoms with E-state index in [-0.39, 0.29) is 12.3 Å². The number of amides is 3. The Balaban J connectivity index is 1.81. The summed E-state index contributed by atoms with van der Waals surface area (Å²) < 4.78 is 10.2. The Morgan fingerprint density at radius 2 is 1.70 bits per heavy atom. The lowest BCUT2D eigenvalue weighted by Crippen LogP contribution is -2.41. The zero-order valence-corrected chi connectivity index (χ0v) is 15.3. The molecule has 27 heavy (non-hydrogen) atoms. The molecule has 1 heterocycles. The van der Waals surface area contributed by atoms with Gasteiger partial charge in [-0.25, -0.2) is 4.79 Å². The number of ether oxygens (including phenoxy) is 2. The van der Waals surface area contributed by atoms with Crippen LogP contribution in [0.15, 0.2) is 48.5 Å². The van der Waals surface area contributed by atoms with Gasteiger partial charge in [0.25, 0.3) is 5.91 Å². The van der Waals surface area contributed by atoms with E-state index in [2.05, 4.69) is 5.32 Å². The summed E-state index contributed by atoms with van der Waals surface area (Å²) in [6, 6.07) is 12.8. The van der Waals surface area contributed by atoms with Gasteiger partial charge in [-0.15, -0.1) is 0 Å². The molecule has 2 aromatic carbocycles. The molecule has 0 bridgehead atoms. The molecule has 0 aliphatic carbocycles. The minimum Gasteiger partial charge on any atom is -0.497 e. The summed E-state index contributed by atoms with van der Waals surface area (Å²) in [7, 11) is 3.05. The van der Waals surface area contributed by atoms with Crippen molar-refractivity contribution in [3.8, 4) is 11.5 Å². The third kappa shape index (κ3) is 3.36. The van der Waals surface area contributed by atoms with Crippen molar-refractivity contribution < 1.29 is 23.9 Å². The Kier molecular flexibility index (Phi) is 4.85. The van der Waals surface area contributed by atoms with Gasteiger partial charge in [0.1, 0.15) is 17.0 Å². The first-order valence-electron chi connectivity index (χ1n) is 8.35. The Hall–Kier alpha value is -3.35. The van der Waals surface area contributed by atoms with E-state index in [9.17, 15) is 14.4 Å². The van der Waals surface area contributed by atoms with Crippen molar-refractivity contribution in [3.63, 3.8) is 0 Å². The van der Waals surface area contributed by atoms with Crippen LogP contribution in [0.4, 0.5) is 4.79 Å². The molecular formula is C20H20N2O5. The third-order valence-corrected chi connectivity index (χ3v) is 4.64. The van der Waals surface area contributed by atoms with Crippen LogP contribution in [0.3, 0.4) is 0 Å². The Bertz CT molecular complexity index is 894. The van der Waals surface area contributed by atoms with Crippen LogP contribution in [0.2, 0.25) is 0 Å². The van der Waals surface area contributed by atoms with Crippen molar-refractivity contribution >= 4 is 17.7 Å². The number of Topliss-reactive ketones (excluding diaryl/α,β-unsaturated/α-hetero) is 1. The number of methoxy groups -OCH3 is 2. The van der Waals surface area contributed by atoms with Gasteiger partial charge in [0.05, 0.1) is 20.8 Å². The molecule has 3 rings (SSSR count). The lowest BCUT2D eigenvalue weighted by molar-refractivity contribution is -0.130. The molecule has 1 aliphatic heterocycles. The highest BCUT2D eigenvalue weighted by Crippen LogP contribution is 2.30. The summed E-state index contributed by atoms with van der Waals surface area (Å²) in [4.78, 5) is 38.8. The normalized spacial score (nSPS) is 19.0. The average Bonchev–Trinajstić information content (AvgIpc) is 2.92. The van der Waals surface area contributed by atoms with Crippen LogP contribution >= 0.6 is 0 Å². The van der Waals surface area contributed by atoms with Gasteiger partial charge in [0.2, 0.25) is 0 Å². The topological polar surface area (TPSA) is 84.9 Å². The molecule has 1 aliphatic rings. The number of rotatable bonds is 6. The largest absolute Gasteiger partial charge is 0.497 e. The van der Waals surface area contributed by atoms with Gasteiger partial charge < -0.3 is 14.8 Å². The van der Waals surface area contributed by atoms with Gasteiger partial charge >= 0.3 is 6.03 Å². The Labute approximate surface area is 156 Å². The van der Waals surface area contributed by atoms with Crippen LogP contribution < -0.4 is 14.8 Å². The quantitative estimate of drug-likeness (QED) is 0.625. The number of hydrogen-bond acceptors (Lipinski definition) is 5. The zero-order chi connectivity index (χ0) is 19.6. The second kappa shape index (κ2) is 7.11. The van der Waals surface area contributed by atoms with E-state index in [0.717, 1.165) is 4.90 Å². The second-order valence-electron chi connectivity index (χ2n) is 6.33. The van der Waals surface area contributed by atoms with Crippen LogP contribution in [0, 0.1) is 0 Å². The molecule has 7 heteroatoms. The van der Waals surface area contributed by atoms with Crippen molar-refractivity contribution in [3.05, 3.63) is 59.7 Å². The highest BCUT2D eigenvalue weighted by molar-refractivity contribution is 6.11. The van der Waals surface area contributed by atoms with Crippen molar-refractivity contribution in [1.82, 2.24) is 10.2 Å². The van der Waals surface area contributed by atoms with Crippen LogP contribution in [0.5, 0.6) is 11.5 Å². The minimum atomic E-state index is -1.24. The number of urea groups is 1. The molecule has 1 unspecified atom stereocenters. The predicted octanol–water partition coefficient (Wildman–Crippen LogP) is 2.35. The van der Waals surface area contributed by atoms with E-state index in [1.807, 2.05) is 0 Å². The van der Waals surface area contributed by atoms with E-state index < -0.39 is 17.5 Å². The maximum absolute atomic E-state index is 12.9. The van der Waals surface area contributed by atoms with Gasteiger partial charge in [0, 0.05) is 5.56 Å². The summed E-state index contributed by atoms with van der Waals surface area (Å²) in [6.45, 7) is 1.27. The summed E-state index contributed by atoms with van der Waals surface area (Å²) in [5, 5.41) is 2.68. The van der Waals surface area contributed by atoms with Crippen molar-refractivity contribution in [2.24, 2.45) is 0 Å². The number of carbonyl (C=O) groups excluding carboxylic acids is 3. The number of carbonyl (C=O) groups is 3. The number of benzene rings is 2. The lowest BCUT2D eigenvalue weighted by Gasteiger charge is -2.22. The monoisotopic (exact) mass is 368 g/mol. The molecule has 0 aromatic heterocycles. The summed E-state index contributed by atoms with van der Waals surface area (Å²) in [6.07, 6.45) is 0. The van der Waals surface area contributed by atoms with Crippen molar-refractivity contribution in [2.45, 2.75) is 12.5 Å². The third-order valence-electron chi connectivity index (χ3n) is 4.64. The van der Waals surface area contributed by atoms with Crippen LogP contribution in [-0.4, -0.2) is 43.4 Å². The number of ketones is 1. The number of nitrogens with one attached hydrogen (secondary N) is 1. The fourth-order valence-electron chi connectivity index (χ4n) is 2.99. The summed E-state index contributed by atoms with van der Waals surface area (Å²) >= 11 is 0. The van der Waals surface area contributed by atoms with E-state index in [1.54, 1.807) is 62.6 Å². The molecule has 0 spiro atoms. The second-order valence-corrected chi connectivity index (χ2v) is 6.33. The summed E-state index contributed by atoms with van der Waals surface area (Å²) in [5.74, 6) is 0.343. The SMILES string of the molecule is COc1ccc(C2(C)NC(=O)N(CC(=O)c3cccc(OC)c3)C2=O)cc1. The Morgan fingerprint density at radius 3 is 2.33 bits per heavy atom. The lowest BCUT2D eigenvalue weighted by atomic mass is 9.92. The molecule has 7 nitrogen and oxygen atoms in total. The Morgan fingerprint density at radius 1 is 1.04 bits per heavy atom. The van der Waals surface area contributed by atoms with E-state index in [0.29, 0.717) is 22.6 Å². The molecule has 1 saturated heterocycles. The molecule has 1 N–H and O–H groups in total. The summed E-state index contributed by atoms with van der Waals surface area (Å²) in [5.41, 5.74) is -0.260. The zero-order valence-electron chi connectivity index (χ0n) is 15.3. The van der Waals surface area contributed by atoms with Crippen LogP contribution in [-0.2, 0) is 10.3 Å². The maximum Gasteiger partial charge on any atom is 0.325 e. The van der Waals surface area contributed by atoms with Gasteiger partial charge in [-0.05, 0) is 36.8 Å². The van der Waals surface area contributed by atoms with Gasteiger partial charge in [-0.2, -0.15) is 0 Å². The number of hydrogen-bond donors (Lipinski definition) is 1. The highest BCUT2D eigenvalue weighted by atomic mass is 16.5. The van der Waals surface area contributed by atoms with Crippen LogP contribution in [0.25, 0.3) is 0 Å². The number of imide groups is 1. The first-order chi connectivity index (χ1) is 12.9. The minimum absolute atomic E-state index is 0.344. The molecule has 3 amide bonds. The van der Waals surface area contributed by atoms with E-state index >= 15 is 0 Å². The fraction of sp³-hybridized carbons (Fsp3) is 0.250. The first kappa shape index (κ1) is 18.4. The smallest absolute Gasteiger partial charge is 0.325 e. The van der Waals surface area contributed by atoms with Gasteiger partial charge in [-0.1, -0.05) is 24.3 Å². The molecule has 1 fully saturated rings. The molecule has 140 valence electrons. The highest BCUT2D eigenvalue weighted by Gasteiger charge is 2.49. The van der Waals surface area contributed by atoms with Crippen molar-refractivity contribution in [2.75, 3.05) is 20.8 Å². The molecular weight excluding hydrogens is 348 g/mol. The molecule has 2 aromatic rings. The number of nitrogens with zero attached hydrogens (tertiary/aromatic N) is 1. The standard InChI is InChI=1S/C20H20N2O5/c1-20(14-7-9-15(26-2)10-8-14)18(24)22(19(25)21-20)12-17(23)13-5-4-6-16(11-13)27-3/h4-11H,12H2,1-3H3,(H,21,25). The van der Waals surface area contributed by atoms with Gasteiger partial charge in [0.15, 0.2) is 5.78 Å². The van der Waals surface area contributed by atoms with E-state index in [1.165, 1.54) is 7.11 Å². The molecule has 0 radical (unpaired) electrons. The van der Waals surface area contributed by atoms with Crippen LogP contribution in [0.1, 0.15) is 22.8 Å². The van der Waals surface area contributed by atoms with Gasteiger partial charge in [-0.3, -0.25) is 14.5 Å². The van der Waals surface area contributed by atoms with E-state index in [4.69, 9.17) is 9.47 Å². The maximum atomic E-state index is 12.9. The first-order valence-corrected chi connectivity index (χ1v) is 8.35. The molecule has 0 saturated carbocycles. The molecule has 1 atom stereocenters. The average molecular weight is 368 g/mol. The van der Waals surface area contributed by atoms with Crippen molar-refractivity contribution in [1.29, 1.82) is 0 Å².